The number of aliphatic imine (C=N–C) groups is 1. The lowest BCUT2D eigenvalue weighted by atomic mass is 10.0. The van der Waals surface area contributed by atoms with E-state index in [2.05, 4.69) is 29.4 Å². The second-order valence-electron chi connectivity index (χ2n) is 7.55. The van der Waals surface area contributed by atoms with Gasteiger partial charge in [0.05, 0.1) is 20.8 Å². The van der Waals surface area contributed by atoms with E-state index in [0.29, 0.717) is 6.54 Å². The third kappa shape index (κ3) is 9.42. The van der Waals surface area contributed by atoms with E-state index in [-0.39, 0.29) is 24.0 Å². The fourth-order valence-electron chi connectivity index (χ4n) is 3.65. The van der Waals surface area contributed by atoms with Crippen LogP contribution in [0.15, 0.2) is 23.2 Å². The van der Waals surface area contributed by atoms with Crippen LogP contribution in [0.2, 0.25) is 0 Å². The van der Waals surface area contributed by atoms with Crippen LogP contribution in [-0.2, 0) is 6.54 Å². The Hall–Kier alpha value is -1.22. The van der Waals surface area contributed by atoms with Crippen LogP contribution in [0.5, 0.6) is 11.5 Å². The molecule has 0 amide bonds. The molecule has 1 atom stereocenters. The van der Waals surface area contributed by atoms with Crippen molar-refractivity contribution in [3.8, 4) is 11.5 Å². The maximum atomic E-state index is 5.46. The normalized spacial score (nSPS) is 17.4. The predicted molar refractivity (Wildman–Crippen MR) is 132 cm³/mol. The second kappa shape index (κ2) is 14.7. The fraction of sp³-hybridized carbons (Fsp3) is 0.682. The molecule has 1 aliphatic heterocycles. The number of likely N-dealkylation sites (tertiary alicyclic amines) is 1. The number of nitrogens with zero attached hydrogens (tertiary/aromatic N) is 2. The van der Waals surface area contributed by atoms with Gasteiger partial charge in [0.2, 0.25) is 0 Å². The van der Waals surface area contributed by atoms with Gasteiger partial charge in [0.1, 0.15) is 11.5 Å². The van der Waals surface area contributed by atoms with E-state index in [0.717, 1.165) is 48.5 Å². The van der Waals surface area contributed by atoms with Gasteiger partial charge >= 0.3 is 0 Å². The quantitative estimate of drug-likeness (QED) is 0.213. The second-order valence-corrected chi connectivity index (χ2v) is 7.55. The zero-order chi connectivity index (χ0) is 20.2. The molecule has 0 saturated carbocycles. The van der Waals surface area contributed by atoms with Crippen LogP contribution in [0.25, 0.3) is 0 Å². The zero-order valence-electron chi connectivity index (χ0n) is 18.5. The summed E-state index contributed by atoms with van der Waals surface area (Å²) in [6.07, 6.45) is 5.12. The van der Waals surface area contributed by atoms with Crippen molar-refractivity contribution in [2.75, 3.05) is 46.9 Å². The summed E-state index contributed by atoms with van der Waals surface area (Å²) in [7, 11) is 3.33. The Morgan fingerprint density at radius 3 is 2.72 bits per heavy atom. The number of hydrogen-bond donors (Lipinski definition) is 2. The van der Waals surface area contributed by atoms with Gasteiger partial charge in [-0.15, -0.1) is 24.0 Å². The number of guanidine groups is 1. The Morgan fingerprint density at radius 1 is 1.21 bits per heavy atom. The van der Waals surface area contributed by atoms with Gasteiger partial charge in [-0.1, -0.05) is 6.92 Å². The van der Waals surface area contributed by atoms with Crippen LogP contribution in [0, 0.1) is 5.92 Å². The van der Waals surface area contributed by atoms with Crippen molar-refractivity contribution in [2.45, 2.75) is 46.1 Å². The van der Waals surface area contributed by atoms with E-state index in [1.54, 1.807) is 14.2 Å². The molecule has 1 fully saturated rings. The largest absolute Gasteiger partial charge is 0.497 e. The molecule has 0 radical (unpaired) electrons. The number of methoxy groups -OCH3 is 2. The lowest BCUT2D eigenvalue weighted by Crippen LogP contribution is -2.38. The topological polar surface area (TPSA) is 58.1 Å². The highest BCUT2D eigenvalue weighted by Gasteiger charge is 2.15. The van der Waals surface area contributed by atoms with Gasteiger partial charge in [0.25, 0.3) is 0 Å². The summed E-state index contributed by atoms with van der Waals surface area (Å²) >= 11 is 0. The van der Waals surface area contributed by atoms with Crippen molar-refractivity contribution >= 4 is 29.9 Å². The maximum Gasteiger partial charge on any atom is 0.191 e. The van der Waals surface area contributed by atoms with Gasteiger partial charge in [-0.25, -0.2) is 4.99 Å². The molecule has 29 heavy (non-hydrogen) atoms. The van der Waals surface area contributed by atoms with E-state index >= 15 is 0 Å². The van der Waals surface area contributed by atoms with Crippen molar-refractivity contribution in [1.29, 1.82) is 0 Å². The first-order valence-corrected chi connectivity index (χ1v) is 10.6. The highest BCUT2D eigenvalue weighted by atomic mass is 127. The minimum Gasteiger partial charge on any atom is -0.497 e. The monoisotopic (exact) mass is 518 g/mol. The van der Waals surface area contributed by atoms with Crippen molar-refractivity contribution in [3.63, 3.8) is 0 Å². The van der Waals surface area contributed by atoms with Crippen LogP contribution >= 0.6 is 24.0 Å². The Morgan fingerprint density at radius 2 is 2.03 bits per heavy atom. The van der Waals surface area contributed by atoms with Crippen LogP contribution in [0.4, 0.5) is 0 Å². The summed E-state index contributed by atoms with van der Waals surface area (Å²) < 4.78 is 10.7. The van der Waals surface area contributed by atoms with E-state index in [1.165, 1.54) is 38.9 Å². The number of halogens is 1. The molecule has 0 aromatic heterocycles. The zero-order valence-corrected chi connectivity index (χ0v) is 20.8. The molecule has 1 aromatic carbocycles. The Balaban J connectivity index is 0.00000420. The van der Waals surface area contributed by atoms with E-state index < -0.39 is 0 Å². The molecule has 1 unspecified atom stereocenters. The van der Waals surface area contributed by atoms with Gasteiger partial charge < -0.3 is 25.0 Å². The van der Waals surface area contributed by atoms with Crippen LogP contribution < -0.4 is 20.1 Å². The van der Waals surface area contributed by atoms with Crippen molar-refractivity contribution < 1.29 is 9.47 Å². The lowest BCUT2D eigenvalue weighted by Gasteiger charge is -2.30. The number of ether oxygens (including phenoxy) is 2. The predicted octanol–water partition coefficient (Wildman–Crippen LogP) is 3.89. The van der Waals surface area contributed by atoms with Crippen LogP contribution in [-0.4, -0.2) is 57.8 Å². The molecule has 1 aliphatic rings. The van der Waals surface area contributed by atoms with Crippen LogP contribution in [0.1, 0.15) is 45.1 Å². The molecular formula is C22H39IN4O2. The average molecular weight is 518 g/mol. The summed E-state index contributed by atoms with van der Waals surface area (Å²) in [5, 5.41) is 6.77. The van der Waals surface area contributed by atoms with Gasteiger partial charge in [-0.2, -0.15) is 0 Å². The summed E-state index contributed by atoms with van der Waals surface area (Å²) in [6, 6.07) is 5.84. The molecule has 0 spiro atoms. The first kappa shape index (κ1) is 25.8. The molecular weight excluding hydrogens is 479 g/mol. The smallest absolute Gasteiger partial charge is 0.191 e. The SMILES string of the molecule is CCNC(=NCc1ccc(OC)cc1OC)NCCCCN1CCCC(C)C1.I. The Bertz CT molecular complexity index is 612. The van der Waals surface area contributed by atoms with Gasteiger partial charge in [0.15, 0.2) is 5.96 Å². The first-order chi connectivity index (χ1) is 13.7. The summed E-state index contributed by atoms with van der Waals surface area (Å²) in [4.78, 5) is 7.32. The molecule has 1 aromatic rings. The number of benzene rings is 1. The number of rotatable bonds is 10. The van der Waals surface area contributed by atoms with E-state index in [1.807, 2.05) is 18.2 Å². The average Bonchev–Trinajstić information content (AvgIpc) is 2.71. The molecule has 0 aliphatic carbocycles. The number of unbranched alkanes of at least 4 members (excludes halogenated alkanes) is 1. The maximum absolute atomic E-state index is 5.46. The number of piperidine rings is 1. The number of hydrogen-bond acceptors (Lipinski definition) is 4. The summed E-state index contributed by atoms with van der Waals surface area (Å²) in [6.45, 7) is 10.5. The highest BCUT2D eigenvalue weighted by molar-refractivity contribution is 14.0. The molecule has 2 N–H and O–H groups in total. The minimum absolute atomic E-state index is 0. The molecule has 7 heteroatoms. The van der Waals surface area contributed by atoms with E-state index in [9.17, 15) is 0 Å². The summed E-state index contributed by atoms with van der Waals surface area (Å²) in [5.74, 6) is 3.30. The molecule has 1 saturated heterocycles. The summed E-state index contributed by atoms with van der Waals surface area (Å²) in [5.41, 5.74) is 1.04. The molecule has 2 rings (SSSR count). The molecule has 166 valence electrons. The third-order valence-corrected chi connectivity index (χ3v) is 5.18. The molecule has 1 heterocycles. The molecule has 6 nitrogen and oxygen atoms in total. The minimum atomic E-state index is 0. The fourth-order valence-corrected chi connectivity index (χ4v) is 3.65. The van der Waals surface area contributed by atoms with E-state index in [4.69, 9.17) is 14.5 Å². The van der Waals surface area contributed by atoms with Gasteiger partial charge in [-0.3, -0.25) is 0 Å². The Labute approximate surface area is 193 Å². The molecule has 0 bridgehead atoms. The first-order valence-electron chi connectivity index (χ1n) is 10.6. The van der Waals surface area contributed by atoms with Crippen molar-refractivity contribution in [3.05, 3.63) is 23.8 Å². The third-order valence-electron chi connectivity index (χ3n) is 5.18. The Kier molecular flexibility index (Phi) is 13.1. The highest BCUT2D eigenvalue weighted by Crippen LogP contribution is 2.25. The van der Waals surface area contributed by atoms with Gasteiger partial charge in [0, 0.05) is 31.3 Å². The van der Waals surface area contributed by atoms with Crippen molar-refractivity contribution in [1.82, 2.24) is 15.5 Å². The standard InChI is InChI=1S/C22H38N4O2.HI/c1-5-23-22(24-12-6-7-13-26-14-8-9-18(2)17-26)25-16-19-10-11-20(27-3)15-21(19)28-4;/h10-11,15,18H,5-9,12-14,16-17H2,1-4H3,(H2,23,24,25);1H. The van der Waals surface area contributed by atoms with Gasteiger partial charge in [-0.05, 0) is 63.7 Å². The van der Waals surface area contributed by atoms with Crippen LogP contribution in [0.3, 0.4) is 0 Å². The lowest BCUT2D eigenvalue weighted by molar-refractivity contribution is 0.181. The van der Waals surface area contributed by atoms with Crippen molar-refractivity contribution in [2.24, 2.45) is 10.9 Å². The number of nitrogens with one attached hydrogen (secondary N) is 2.